The van der Waals surface area contributed by atoms with Crippen LogP contribution in [0.3, 0.4) is 0 Å². The van der Waals surface area contributed by atoms with E-state index in [2.05, 4.69) is 15.1 Å². The molecule has 3 aliphatic rings. The molecule has 1 aliphatic carbocycles. The number of likely N-dealkylation sites (tertiary alicyclic amines) is 1. The minimum Gasteiger partial charge on any atom is -0.343 e. The highest BCUT2D eigenvalue weighted by molar-refractivity contribution is 5.92. The Hall–Kier alpha value is -1.89. The van der Waals surface area contributed by atoms with Crippen LogP contribution in [0.2, 0.25) is 0 Å². The van der Waals surface area contributed by atoms with Gasteiger partial charge in [-0.25, -0.2) is 0 Å². The first kappa shape index (κ1) is 17.5. The van der Waals surface area contributed by atoms with Gasteiger partial charge in [-0.15, -0.1) is 0 Å². The molecular weight excluding hydrogens is 332 g/mol. The number of ether oxygens (including phenoxy) is 1. The van der Waals surface area contributed by atoms with Crippen molar-refractivity contribution in [1.82, 2.24) is 20.0 Å². The number of nitrogens with one attached hydrogen (secondary N) is 1. The summed E-state index contributed by atoms with van der Waals surface area (Å²) >= 11 is 0. The number of piperidine rings is 1. The Morgan fingerprint density at radius 1 is 1.27 bits per heavy atom. The third-order valence-electron chi connectivity index (χ3n) is 6.04. The minimum atomic E-state index is -0.593. The van der Waals surface area contributed by atoms with Gasteiger partial charge in [0.25, 0.3) is 11.8 Å². The molecule has 1 aromatic heterocycles. The molecule has 7 heteroatoms. The Labute approximate surface area is 154 Å². The first-order chi connectivity index (χ1) is 12.5. The molecule has 1 N–H and O–H groups in total. The second-order valence-corrected chi connectivity index (χ2v) is 7.94. The molecule has 0 aromatic carbocycles. The zero-order valence-electron chi connectivity index (χ0n) is 15.7. The number of nitrogens with zero attached hydrogens (tertiary/aromatic N) is 3. The van der Waals surface area contributed by atoms with Crippen LogP contribution in [0.1, 0.15) is 74.1 Å². The van der Waals surface area contributed by atoms with Crippen molar-refractivity contribution in [1.29, 1.82) is 0 Å². The minimum absolute atomic E-state index is 0.0186. The topological polar surface area (TPSA) is 76.5 Å². The van der Waals surface area contributed by atoms with Crippen molar-refractivity contribution in [2.75, 3.05) is 13.1 Å². The van der Waals surface area contributed by atoms with Gasteiger partial charge in [-0.1, -0.05) is 19.3 Å². The monoisotopic (exact) mass is 360 g/mol. The van der Waals surface area contributed by atoms with Crippen molar-refractivity contribution in [2.24, 2.45) is 0 Å². The molecule has 26 heavy (non-hydrogen) atoms. The molecule has 2 saturated heterocycles. The maximum Gasteiger partial charge on any atom is 0.274 e. The fourth-order valence-corrected chi connectivity index (χ4v) is 4.51. The Morgan fingerprint density at radius 3 is 2.58 bits per heavy atom. The lowest BCUT2D eigenvalue weighted by Gasteiger charge is -2.38. The molecular formula is C19H28N4O3. The fourth-order valence-electron chi connectivity index (χ4n) is 4.51. The van der Waals surface area contributed by atoms with Gasteiger partial charge in [-0.05, 0) is 32.8 Å². The van der Waals surface area contributed by atoms with E-state index in [9.17, 15) is 9.59 Å². The summed E-state index contributed by atoms with van der Waals surface area (Å²) in [7, 11) is 0. The molecule has 142 valence electrons. The van der Waals surface area contributed by atoms with Crippen molar-refractivity contribution in [3.8, 4) is 0 Å². The zero-order chi connectivity index (χ0) is 18.3. The molecule has 3 fully saturated rings. The summed E-state index contributed by atoms with van der Waals surface area (Å²) in [6.45, 7) is 4.94. The number of carbonyl (C=O) groups excluding carboxylic acids is 2. The number of aromatic nitrogens is 2. The molecule has 1 atom stereocenters. The predicted molar refractivity (Wildman–Crippen MR) is 95.6 cm³/mol. The molecule has 3 heterocycles. The van der Waals surface area contributed by atoms with E-state index in [-0.39, 0.29) is 11.8 Å². The van der Waals surface area contributed by atoms with Gasteiger partial charge in [0.1, 0.15) is 11.8 Å². The Balaban J connectivity index is 1.42. The van der Waals surface area contributed by atoms with Gasteiger partial charge in [0.15, 0.2) is 5.69 Å². The molecule has 7 nitrogen and oxygen atoms in total. The molecule has 4 rings (SSSR count). The maximum absolute atomic E-state index is 12.9. The normalized spacial score (nSPS) is 26.3. The van der Waals surface area contributed by atoms with E-state index in [1.807, 2.05) is 17.9 Å². The van der Waals surface area contributed by atoms with Crippen LogP contribution in [0, 0.1) is 6.92 Å². The molecule has 0 radical (unpaired) electrons. The summed E-state index contributed by atoms with van der Waals surface area (Å²) in [5.41, 5.74) is 1.01. The van der Waals surface area contributed by atoms with Crippen molar-refractivity contribution in [3.05, 3.63) is 17.5 Å². The van der Waals surface area contributed by atoms with Crippen molar-refractivity contribution < 1.29 is 14.3 Å². The average molecular weight is 360 g/mol. The van der Waals surface area contributed by atoms with Crippen LogP contribution in [0.25, 0.3) is 0 Å². The van der Waals surface area contributed by atoms with E-state index < -0.39 is 11.8 Å². The summed E-state index contributed by atoms with van der Waals surface area (Å²) in [5, 5.41) is 7.60. The lowest BCUT2D eigenvalue weighted by molar-refractivity contribution is -0.123. The maximum atomic E-state index is 12.9. The molecule has 1 aromatic rings. The second-order valence-electron chi connectivity index (χ2n) is 7.94. The Morgan fingerprint density at radius 2 is 1.96 bits per heavy atom. The van der Waals surface area contributed by atoms with Gasteiger partial charge in [-0.2, -0.15) is 5.10 Å². The van der Waals surface area contributed by atoms with E-state index in [4.69, 9.17) is 4.74 Å². The molecule has 2 amide bonds. The SMILES string of the molecule is Cc1cc(C(=O)N2CCC3(CC2)NC(=O)C(C)O3)nn1C1CCCCC1. The second kappa shape index (κ2) is 6.68. The first-order valence-electron chi connectivity index (χ1n) is 9.83. The van der Waals surface area contributed by atoms with Gasteiger partial charge in [0.05, 0.1) is 6.04 Å². The predicted octanol–water partition coefficient (Wildman–Crippen LogP) is 2.16. The standard InChI is InChI=1S/C19H28N4O3/c1-13-12-16(21-23(13)15-6-4-3-5-7-15)18(25)22-10-8-19(9-11-22)20-17(24)14(2)26-19/h12,14-15H,3-11H2,1-2H3,(H,20,24). The Kier molecular flexibility index (Phi) is 4.50. The third kappa shape index (κ3) is 3.13. The van der Waals surface area contributed by atoms with Crippen LogP contribution < -0.4 is 5.32 Å². The van der Waals surface area contributed by atoms with E-state index in [0.29, 0.717) is 37.7 Å². The van der Waals surface area contributed by atoms with E-state index in [1.54, 1.807) is 6.92 Å². The number of rotatable bonds is 2. The van der Waals surface area contributed by atoms with E-state index in [0.717, 1.165) is 18.5 Å². The fraction of sp³-hybridized carbons (Fsp3) is 0.737. The molecule has 2 aliphatic heterocycles. The largest absolute Gasteiger partial charge is 0.343 e. The van der Waals surface area contributed by atoms with Crippen molar-refractivity contribution >= 4 is 11.8 Å². The highest BCUT2D eigenvalue weighted by Gasteiger charge is 2.46. The lowest BCUT2D eigenvalue weighted by Crippen LogP contribution is -2.53. The van der Waals surface area contributed by atoms with Crippen LogP contribution in [0.5, 0.6) is 0 Å². The molecule has 1 spiro atoms. The number of amides is 2. The number of aryl methyl sites for hydroxylation is 1. The lowest BCUT2D eigenvalue weighted by atomic mass is 9.95. The van der Waals surface area contributed by atoms with Crippen molar-refractivity contribution in [3.63, 3.8) is 0 Å². The van der Waals surface area contributed by atoms with Crippen LogP contribution in [-0.4, -0.2) is 51.4 Å². The first-order valence-corrected chi connectivity index (χ1v) is 9.83. The summed E-state index contributed by atoms with van der Waals surface area (Å²) in [6.07, 6.45) is 6.92. The van der Waals surface area contributed by atoms with Crippen LogP contribution in [0.15, 0.2) is 6.07 Å². The zero-order valence-corrected chi connectivity index (χ0v) is 15.7. The Bertz CT molecular complexity index is 700. The average Bonchev–Trinajstić information content (AvgIpc) is 3.16. The highest BCUT2D eigenvalue weighted by atomic mass is 16.5. The number of carbonyl (C=O) groups is 2. The molecule has 0 bridgehead atoms. The van der Waals surface area contributed by atoms with E-state index in [1.165, 1.54) is 19.3 Å². The number of hydrogen-bond acceptors (Lipinski definition) is 4. The molecule has 1 saturated carbocycles. The van der Waals surface area contributed by atoms with Crippen LogP contribution in [0.4, 0.5) is 0 Å². The summed E-state index contributed by atoms with van der Waals surface area (Å²) in [6, 6.07) is 2.34. The summed E-state index contributed by atoms with van der Waals surface area (Å²) in [4.78, 5) is 26.5. The third-order valence-corrected chi connectivity index (χ3v) is 6.04. The van der Waals surface area contributed by atoms with Crippen LogP contribution in [-0.2, 0) is 9.53 Å². The summed E-state index contributed by atoms with van der Waals surface area (Å²) < 4.78 is 7.88. The summed E-state index contributed by atoms with van der Waals surface area (Å²) in [5.74, 6) is -0.0819. The quantitative estimate of drug-likeness (QED) is 0.877. The molecule has 1 unspecified atom stereocenters. The van der Waals surface area contributed by atoms with Gasteiger partial charge in [0, 0.05) is 31.6 Å². The van der Waals surface area contributed by atoms with Gasteiger partial charge in [0.2, 0.25) is 0 Å². The van der Waals surface area contributed by atoms with E-state index >= 15 is 0 Å². The number of hydrogen-bond donors (Lipinski definition) is 1. The van der Waals surface area contributed by atoms with Gasteiger partial charge >= 0.3 is 0 Å². The highest BCUT2D eigenvalue weighted by Crippen LogP contribution is 2.31. The van der Waals surface area contributed by atoms with Crippen LogP contribution >= 0.6 is 0 Å². The smallest absolute Gasteiger partial charge is 0.274 e. The van der Waals surface area contributed by atoms with Gasteiger partial charge in [-0.3, -0.25) is 14.3 Å². The van der Waals surface area contributed by atoms with Gasteiger partial charge < -0.3 is 15.0 Å². The van der Waals surface area contributed by atoms with Crippen molar-refractivity contribution in [2.45, 2.75) is 76.7 Å².